The number of aromatic amines is 1. The maximum absolute atomic E-state index is 6.17. The number of benzene rings is 1. The largest absolute Gasteiger partial charge is 0.383 e. The fourth-order valence-corrected chi connectivity index (χ4v) is 3.28. The molecule has 5 heteroatoms. The van der Waals surface area contributed by atoms with E-state index in [9.17, 15) is 0 Å². The molecule has 3 N–H and O–H groups in total. The van der Waals surface area contributed by atoms with Crippen LogP contribution >= 0.6 is 0 Å². The second-order valence-corrected chi connectivity index (χ2v) is 6.74. The predicted molar refractivity (Wildman–Crippen MR) is 90.1 cm³/mol. The van der Waals surface area contributed by atoms with Gasteiger partial charge < -0.3 is 10.5 Å². The fraction of sp³-hybridized carbons (Fsp3) is 0.333. The molecule has 4 rings (SSSR count). The van der Waals surface area contributed by atoms with E-state index in [1.54, 1.807) is 0 Å². The third-order valence-electron chi connectivity index (χ3n) is 4.46. The highest BCUT2D eigenvalue weighted by Crippen LogP contribution is 2.35. The number of nitrogen functional groups attached to an aromatic ring is 1. The molecule has 0 radical (unpaired) electrons. The highest BCUT2D eigenvalue weighted by atomic mass is 16.5. The van der Waals surface area contributed by atoms with Gasteiger partial charge in [-0.15, -0.1) is 0 Å². The molecule has 0 bridgehead atoms. The zero-order chi connectivity index (χ0) is 16.0. The zero-order valence-corrected chi connectivity index (χ0v) is 13.4. The first-order valence-electron chi connectivity index (χ1n) is 7.85. The van der Waals surface area contributed by atoms with E-state index >= 15 is 0 Å². The summed E-state index contributed by atoms with van der Waals surface area (Å²) in [5, 5.41) is 8.55. The maximum atomic E-state index is 6.17. The van der Waals surface area contributed by atoms with Crippen molar-refractivity contribution in [3.05, 3.63) is 52.7 Å². The third kappa shape index (κ3) is 2.47. The van der Waals surface area contributed by atoms with E-state index < -0.39 is 0 Å². The van der Waals surface area contributed by atoms with Crippen molar-refractivity contribution < 1.29 is 4.74 Å². The molecule has 3 aromatic rings. The van der Waals surface area contributed by atoms with Crippen LogP contribution in [0.5, 0.6) is 0 Å². The molecule has 1 aliphatic rings. The summed E-state index contributed by atoms with van der Waals surface area (Å²) in [5.74, 6) is 0.571. The SMILES string of the molecule is CC1(C)Cc2c(N)nc3n[nH]c(Cc4ccccc4)c3c2CO1. The van der Waals surface area contributed by atoms with E-state index in [1.807, 2.05) is 18.2 Å². The molecule has 0 saturated heterocycles. The number of anilines is 1. The van der Waals surface area contributed by atoms with Crippen molar-refractivity contribution in [2.45, 2.75) is 38.9 Å². The van der Waals surface area contributed by atoms with Gasteiger partial charge in [-0.2, -0.15) is 5.10 Å². The van der Waals surface area contributed by atoms with Crippen LogP contribution in [0.1, 0.15) is 36.2 Å². The number of hydrogen-bond donors (Lipinski definition) is 2. The van der Waals surface area contributed by atoms with Crippen LogP contribution in [0.15, 0.2) is 30.3 Å². The lowest BCUT2D eigenvalue weighted by Gasteiger charge is -2.32. The molecule has 3 heterocycles. The molecule has 0 atom stereocenters. The first-order valence-corrected chi connectivity index (χ1v) is 7.85. The van der Waals surface area contributed by atoms with E-state index in [4.69, 9.17) is 10.5 Å². The summed E-state index contributed by atoms with van der Waals surface area (Å²) in [6.45, 7) is 4.71. The van der Waals surface area contributed by atoms with Gasteiger partial charge in [-0.25, -0.2) is 4.98 Å². The molecule has 0 amide bonds. The number of rotatable bonds is 2. The Labute approximate surface area is 134 Å². The van der Waals surface area contributed by atoms with Crippen LogP contribution in [-0.2, 0) is 24.2 Å². The summed E-state index contributed by atoms with van der Waals surface area (Å²) >= 11 is 0. The zero-order valence-electron chi connectivity index (χ0n) is 13.4. The predicted octanol–water partition coefficient (Wildman–Crippen LogP) is 2.98. The number of hydrogen-bond acceptors (Lipinski definition) is 4. The standard InChI is InChI=1S/C18H20N4O/c1-18(2)9-12-13(10-23-18)15-14(8-11-6-4-3-5-7-11)21-22-17(15)20-16(12)19/h3-7H,8-10H2,1-2H3,(H3,19,20,21,22). The Balaban J connectivity index is 1.85. The van der Waals surface area contributed by atoms with Gasteiger partial charge >= 0.3 is 0 Å². The summed E-state index contributed by atoms with van der Waals surface area (Å²) in [5.41, 5.74) is 11.2. The van der Waals surface area contributed by atoms with Gasteiger partial charge in [0.2, 0.25) is 0 Å². The smallest absolute Gasteiger partial charge is 0.183 e. The number of fused-ring (bicyclic) bond motifs is 3. The number of H-pyrrole nitrogens is 1. The molecule has 23 heavy (non-hydrogen) atoms. The van der Waals surface area contributed by atoms with Gasteiger partial charge in [0.25, 0.3) is 0 Å². The Kier molecular flexibility index (Phi) is 3.13. The normalized spacial score (nSPS) is 16.4. The van der Waals surface area contributed by atoms with Crippen LogP contribution < -0.4 is 5.73 Å². The van der Waals surface area contributed by atoms with Crippen molar-refractivity contribution in [1.82, 2.24) is 15.2 Å². The van der Waals surface area contributed by atoms with Crippen molar-refractivity contribution >= 4 is 16.9 Å². The number of pyridine rings is 1. The lowest BCUT2D eigenvalue weighted by Crippen LogP contribution is -2.32. The molecule has 0 fully saturated rings. The van der Waals surface area contributed by atoms with Crippen molar-refractivity contribution in [2.24, 2.45) is 0 Å². The molecule has 0 unspecified atom stereocenters. The first kappa shape index (κ1) is 14.2. The van der Waals surface area contributed by atoms with Crippen LogP contribution in [0.2, 0.25) is 0 Å². The van der Waals surface area contributed by atoms with E-state index in [2.05, 4.69) is 41.2 Å². The number of nitrogens with one attached hydrogen (secondary N) is 1. The molecular weight excluding hydrogens is 288 g/mol. The monoisotopic (exact) mass is 308 g/mol. The van der Waals surface area contributed by atoms with E-state index in [-0.39, 0.29) is 5.60 Å². The first-order chi connectivity index (χ1) is 11.0. The summed E-state index contributed by atoms with van der Waals surface area (Å²) in [4.78, 5) is 4.50. The molecule has 0 spiro atoms. The van der Waals surface area contributed by atoms with Crippen LogP contribution in [-0.4, -0.2) is 20.8 Å². The van der Waals surface area contributed by atoms with Gasteiger partial charge in [0.1, 0.15) is 5.82 Å². The van der Waals surface area contributed by atoms with Crippen molar-refractivity contribution in [1.29, 1.82) is 0 Å². The van der Waals surface area contributed by atoms with E-state index in [1.165, 1.54) is 5.56 Å². The van der Waals surface area contributed by atoms with Crippen molar-refractivity contribution in [3.63, 3.8) is 0 Å². The quantitative estimate of drug-likeness (QED) is 0.763. The molecule has 118 valence electrons. The number of ether oxygens (including phenoxy) is 1. The molecule has 1 aromatic carbocycles. The highest BCUT2D eigenvalue weighted by molar-refractivity contribution is 5.85. The van der Waals surface area contributed by atoms with E-state index in [0.29, 0.717) is 18.1 Å². The van der Waals surface area contributed by atoms with Gasteiger partial charge in [-0.1, -0.05) is 30.3 Å². The number of aromatic nitrogens is 3. The maximum Gasteiger partial charge on any atom is 0.183 e. The fourth-order valence-electron chi connectivity index (χ4n) is 3.28. The number of nitrogens with zero attached hydrogens (tertiary/aromatic N) is 2. The number of nitrogens with two attached hydrogens (primary N) is 1. The van der Waals surface area contributed by atoms with Crippen LogP contribution in [0, 0.1) is 0 Å². The molecule has 1 aliphatic heterocycles. The average molecular weight is 308 g/mol. The lowest BCUT2D eigenvalue weighted by molar-refractivity contribution is -0.0392. The summed E-state index contributed by atoms with van der Waals surface area (Å²) < 4.78 is 6.00. The lowest BCUT2D eigenvalue weighted by atomic mass is 9.90. The van der Waals surface area contributed by atoms with Crippen LogP contribution in [0.4, 0.5) is 5.82 Å². The molecular formula is C18H20N4O. The second-order valence-electron chi connectivity index (χ2n) is 6.74. The van der Waals surface area contributed by atoms with Crippen LogP contribution in [0.25, 0.3) is 11.0 Å². The summed E-state index contributed by atoms with van der Waals surface area (Å²) in [6.07, 6.45) is 1.56. The van der Waals surface area contributed by atoms with Crippen molar-refractivity contribution in [2.75, 3.05) is 5.73 Å². The highest BCUT2D eigenvalue weighted by Gasteiger charge is 2.30. The minimum atomic E-state index is -0.209. The minimum Gasteiger partial charge on any atom is -0.383 e. The van der Waals surface area contributed by atoms with E-state index in [0.717, 1.165) is 35.0 Å². The third-order valence-corrected chi connectivity index (χ3v) is 4.46. The van der Waals surface area contributed by atoms with Gasteiger partial charge in [-0.3, -0.25) is 5.10 Å². The van der Waals surface area contributed by atoms with Gasteiger partial charge in [-0.05, 0) is 25.0 Å². The summed E-state index contributed by atoms with van der Waals surface area (Å²) in [6, 6.07) is 10.3. The van der Waals surface area contributed by atoms with Gasteiger partial charge in [0.05, 0.1) is 12.2 Å². The molecule has 0 aliphatic carbocycles. The van der Waals surface area contributed by atoms with Crippen molar-refractivity contribution in [3.8, 4) is 0 Å². The Hall–Kier alpha value is -2.40. The average Bonchev–Trinajstić information content (AvgIpc) is 2.90. The Morgan fingerprint density at radius 3 is 2.78 bits per heavy atom. The van der Waals surface area contributed by atoms with Crippen LogP contribution in [0.3, 0.4) is 0 Å². The Morgan fingerprint density at radius 1 is 1.22 bits per heavy atom. The molecule has 5 nitrogen and oxygen atoms in total. The molecule has 2 aromatic heterocycles. The molecule has 0 saturated carbocycles. The topological polar surface area (TPSA) is 76.8 Å². The second kappa shape index (κ2) is 5.06. The van der Waals surface area contributed by atoms with Gasteiger partial charge in [0, 0.05) is 29.5 Å². The Morgan fingerprint density at radius 2 is 2.00 bits per heavy atom. The minimum absolute atomic E-state index is 0.209. The van der Waals surface area contributed by atoms with Gasteiger partial charge in [0.15, 0.2) is 5.65 Å². The Bertz CT molecular complexity index is 868. The summed E-state index contributed by atoms with van der Waals surface area (Å²) in [7, 11) is 0.